The van der Waals surface area contributed by atoms with Crippen molar-refractivity contribution >= 4 is 11.9 Å². The van der Waals surface area contributed by atoms with Gasteiger partial charge in [0.2, 0.25) is 5.56 Å². The number of nitrogens with one attached hydrogen (secondary N) is 2. The molecule has 3 N–H and O–H groups in total. The van der Waals surface area contributed by atoms with Gasteiger partial charge in [-0.1, -0.05) is 6.07 Å². The van der Waals surface area contributed by atoms with Gasteiger partial charge in [0.15, 0.2) is 0 Å². The van der Waals surface area contributed by atoms with Gasteiger partial charge >= 0.3 is 5.97 Å². The lowest BCUT2D eigenvalue weighted by Crippen LogP contribution is -2.57. The highest BCUT2D eigenvalue weighted by Gasteiger charge is 2.32. The van der Waals surface area contributed by atoms with Crippen LogP contribution in [-0.2, 0) is 4.79 Å². The molecule has 1 aromatic heterocycles. The molecule has 0 spiro atoms. The number of piperazine rings is 1. The van der Waals surface area contributed by atoms with E-state index in [9.17, 15) is 14.4 Å². The van der Waals surface area contributed by atoms with Gasteiger partial charge in [-0.15, -0.1) is 0 Å². The van der Waals surface area contributed by atoms with Gasteiger partial charge in [0.1, 0.15) is 11.7 Å². The number of carbonyl (C=O) groups excluding carboxylic acids is 1. The zero-order valence-electron chi connectivity index (χ0n) is 9.55. The van der Waals surface area contributed by atoms with Gasteiger partial charge in [0.25, 0.3) is 5.91 Å². The molecule has 1 unspecified atom stereocenters. The van der Waals surface area contributed by atoms with Crippen molar-refractivity contribution < 1.29 is 14.7 Å². The summed E-state index contributed by atoms with van der Waals surface area (Å²) in [6.07, 6.45) is 0. The molecule has 0 saturated carbocycles. The predicted octanol–water partition coefficient (Wildman–Crippen LogP) is -1.13. The summed E-state index contributed by atoms with van der Waals surface area (Å²) in [4.78, 5) is 38.0. The van der Waals surface area contributed by atoms with E-state index in [2.05, 4.69) is 10.3 Å². The number of carboxylic acids is 1. The summed E-state index contributed by atoms with van der Waals surface area (Å²) >= 11 is 0. The van der Waals surface area contributed by atoms with E-state index in [0.717, 1.165) is 0 Å². The molecule has 7 nitrogen and oxygen atoms in total. The monoisotopic (exact) mass is 251 g/mol. The topological polar surface area (TPSA) is 102 Å². The highest BCUT2D eigenvalue weighted by molar-refractivity contribution is 5.95. The Morgan fingerprint density at radius 2 is 2.17 bits per heavy atom. The second kappa shape index (κ2) is 5.01. The Hall–Kier alpha value is -2.15. The van der Waals surface area contributed by atoms with E-state index < -0.39 is 17.9 Å². The average Bonchev–Trinajstić information content (AvgIpc) is 2.38. The molecular weight excluding hydrogens is 238 g/mol. The highest BCUT2D eigenvalue weighted by atomic mass is 16.4. The number of pyridine rings is 1. The van der Waals surface area contributed by atoms with Crippen molar-refractivity contribution in [3.63, 3.8) is 0 Å². The maximum absolute atomic E-state index is 12.1. The highest BCUT2D eigenvalue weighted by Crippen LogP contribution is 2.08. The number of aromatic amines is 1. The number of carbonyl (C=O) groups is 2. The number of rotatable bonds is 2. The summed E-state index contributed by atoms with van der Waals surface area (Å²) in [5, 5.41) is 12.0. The minimum Gasteiger partial charge on any atom is -0.480 e. The van der Waals surface area contributed by atoms with E-state index in [4.69, 9.17) is 5.11 Å². The Morgan fingerprint density at radius 3 is 2.83 bits per heavy atom. The SMILES string of the molecule is O=C(O)C1CNCCN1C(=O)c1cccc(=O)[nH]1. The molecule has 0 aliphatic carbocycles. The van der Waals surface area contributed by atoms with Gasteiger partial charge in [-0.3, -0.25) is 9.59 Å². The maximum Gasteiger partial charge on any atom is 0.327 e. The molecule has 7 heteroatoms. The summed E-state index contributed by atoms with van der Waals surface area (Å²) in [5.74, 6) is -1.53. The van der Waals surface area contributed by atoms with Gasteiger partial charge in [-0.2, -0.15) is 0 Å². The van der Waals surface area contributed by atoms with E-state index in [1.54, 1.807) is 0 Å². The average molecular weight is 251 g/mol. The van der Waals surface area contributed by atoms with Crippen LogP contribution in [0.3, 0.4) is 0 Å². The van der Waals surface area contributed by atoms with Crippen LogP contribution in [0, 0.1) is 0 Å². The van der Waals surface area contributed by atoms with Crippen molar-refractivity contribution in [3.8, 4) is 0 Å². The second-order valence-electron chi connectivity index (χ2n) is 3.99. The van der Waals surface area contributed by atoms with Crippen LogP contribution >= 0.6 is 0 Å². The number of H-pyrrole nitrogens is 1. The molecule has 1 aromatic rings. The van der Waals surface area contributed by atoms with Crippen LogP contribution in [0.1, 0.15) is 10.5 Å². The first-order valence-electron chi connectivity index (χ1n) is 5.53. The lowest BCUT2D eigenvalue weighted by molar-refractivity contribution is -0.142. The molecule has 1 aliphatic rings. The van der Waals surface area contributed by atoms with Crippen LogP contribution in [0.15, 0.2) is 23.0 Å². The minimum absolute atomic E-state index is 0.107. The number of hydrogen-bond donors (Lipinski definition) is 3. The number of carboxylic acid groups (broad SMARTS) is 1. The van der Waals surface area contributed by atoms with Gasteiger partial charge in [-0.25, -0.2) is 4.79 Å². The second-order valence-corrected chi connectivity index (χ2v) is 3.99. The summed E-state index contributed by atoms with van der Waals surface area (Å²) in [5.41, 5.74) is -0.279. The predicted molar refractivity (Wildman–Crippen MR) is 62.4 cm³/mol. The van der Waals surface area contributed by atoms with Crippen LogP contribution in [0.25, 0.3) is 0 Å². The largest absolute Gasteiger partial charge is 0.480 e. The summed E-state index contributed by atoms with van der Waals surface area (Å²) in [7, 11) is 0. The van der Waals surface area contributed by atoms with Crippen LogP contribution < -0.4 is 10.9 Å². The van der Waals surface area contributed by atoms with E-state index >= 15 is 0 Å². The van der Waals surface area contributed by atoms with Crippen molar-refractivity contribution in [2.45, 2.75) is 6.04 Å². The Bertz CT molecular complexity index is 525. The Labute approximate surface area is 102 Å². The van der Waals surface area contributed by atoms with Crippen LogP contribution in [-0.4, -0.2) is 52.5 Å². The molecule has 0 aromatic carbocycles. The molecule has 1 saturated heterocycles. The Morgan fingerprint density at radius 1 is 1.39 bits per heavy atom. The van der Waals surface area contributed by atoms with E-state index in [-0.39, 0.29) is 17.8 Å². The van der Waals surface area contributed by atoms with Crippen LogP contribution in [0.2, 0.25) is 0 Å². The van der Waals surface area contributed by atoms with E-state index in [1.165, 1.54) is 23.1 Å². The fourth-order valence-electron chi connectivity index (χ4n) is 1.90. The number of amides is 1. The molecule has 1 atom stereocenters. The first-order chi connectivity index (χ1) is 8.59. The van der Waals surface area contributed by atoms with Crippen molar-refractivity contribution in [1.29, 1.82) is 0 Å². The molecule has 0 radical (unpaired) electrons. The zero-order chi connectivity index (χ0) is 13.1. The molecule has 1 aliphatic heterocycles. The molecular formula is C11H13N3O4. The fourth-order valence-corrected chi connectivity index (χ4v) is 1.90. The zero-order valence-corrected chi connectivity index (χ0v) is 9.55. The van der Waals surface area contributed by atoms with Crippen molar-refractivity contribution in [3.05, 3.63) is 34.2 Å². The van der Waals surface area contributed by atoms with Crippen LogP contribution in [0.4, 0.5) is 0 Å². The Kier molecular flexibility index (Phi) is 3.42. The molecule has 2 rings (SSSR count). The number of nitrogens with zero attached hydrogens (tertiary/aromatic N) is 1. The minimum atomic E-state index is -1.06. The third-order valence-electron chi connectivity index (χ3n) is 2.79. The quantitative estimate of drug-likeness (QED) is 0.617. The van der Waals surface area contributed by atoms with Gasteiger partial charge in [0.05, 0.1) is 0 Å². The van der Waals surface area contributed by atoms with E-state index in [1.807, 2.05) is 0 Å². The van der Waals surface area contributed by atoms with Gasteiger partial charge in [0, 0.05) is 25.7 Å². The molecule has 18 heavy (non-hydrogen) atoms. The first kappa shape index (κ1) is 12.3. The first-order valence-corrected chi connectivity index (χ1v) is 5.53. The summed E-state index contributed by atoms with van der Waals surface area (Å²) in [6.45, 7) is 1.04. The van der Waals surface area contributed by atoms with Gasteiger partial charge in [-0.05, 0) is 6.07 Å². The summed E-state index contributed by atoms with van der Waals surface area (Å²) < 4.78 is 0. The third kappa shape index (κ3) is 2.40. The smallest absolute Gasteiger partial charge is 0.327 e. The number of aliphatic carboxylic acids is 1. The molecule has 1 fully saturated rings. The standard InChI is InChI=1S/C11H13N3O4/c15-9-3-1-2-7(13-9)10(16)14-5-4-12-6-8(14)11(17)18/h1-3,8,12H,4-6H2,(H,13,15)(H,17,18). The normalized spacial score (nSPS) is 19.6. The Balaban J connectivity index is 2.26. The fraction of sp³-hybridized carbons (Fsp3) is 0.364. The molecule has 96 valence electrons. The summed E-state index contributed by atoms with van der Waals surface area (Å²) in [6, 6.07) is 3.31. The number of hydrogen-bond acceptors (Lipinski definition) is 4. The molecule has 1 amide bonds. The maximum atomic E-state index is 12.1. The van der Waals surface area contributed by atoms with Crippen LogP contribution in [0.5, 0.6) is 0 Å². The number of aromatic nitrogens is 1. The lowest BCUT2D eigenvalue weighted by Gasteiger charge is -2.33. The van der Waals surface area contributed by atoms with Crippen molar-refractivity contribution in [2.24, 2.45) is 0 Å². The molecule has 0 bridgehead atoms. The van der Waals surface area contributed by atoms with Crippen molar-refractivity contribution in [1.82, 2.24) is 15.2 Å². The van der Waals surface area contributed by atoms with E-state index in [0.29, 0.717) is 13.1 Å². The third-order valence-corrected chi connectivity index (χ3v) is 2.79. The van der Waals surface area contributed by atoms with Crippen molar-refractivity contribution in [2.75, 3.05) is 19.6 Å². The molecule has 2 heterocycles. The lowest BCUT2D eigenvalue weighted by atomic mass is 10.1. The van der Waals surface area contributed by atoms with Gasteiger partial charge < -0.3 is 20.3 Å².